The highest BCUT2D eigenvalue weighted by Crippen LogP contribution is 2.34. The Kier molecular flexibility index (Phi) is 5.53. The first kappa shape index (κ1) is 20.5. The molecule has 166 valence electrons. The van der Waals surface area contributed by atoms with E-state index in [2.05, 4.69) is 44.5 Å². The van der Waals surface area contributed by atoms with Crippen molar-refractivity contribution < 1.29 is 9.53 Å². The van der Waals surface area contributed by atoms with E-state index in [-0.39, 0.29) is 11.9 Å². The lowest BCUT2D eigenvalue weighted by atomic mass is 9.99. The maximum Gasteiger partial charge on any atom is 0.274 e. The Labute approximate surface area is 187 Å². The summed E-state index contributed by atoms with van der Waals surface area (Å²) in [6.07, 6.45) is 0.732. The van der Waals surface area contributed by atoms with Crippen LogP contribution in [-0.4, -0.2) is 71.7 Å². The van der Waals surface area contributed by atoms with Crippen molar-refractivity contribution in [2.75, 3.05) is 44.7 Å². The number of anilines is 1. The number of benzene rings is 2. The Morgan fingerprint density at radius 1 is 1.03 bits per heavy atom. The first-order valence-electron chi connectivity index (χ1n) is 11.1. The van der Waals surface area contributed by atoms with Gasteiger partial charge >= 0.3 is 0 Å². The molecule has 1 N–H and O–H groups in total. The van der Waals surface area contributed by atoms with E-state index in [9.17, 15) is 4.79 Å². The minimum Gasteiger partial charge on any atom is -0.491 e. The molecule has 32 heavy (non-hydrogen) atoms. The number of nitrogens with one attached hydrogen (secondary N) is 1. The summed E-state index contributed by atoms with van der Waals surface area (Å²) in [6.45, 7) is 6.32. The summed E-state index contributed by atoms with van der Waals surface area (Å²) in [7, 11) is 2.16. The fourth-order valence-corrected chi connectivity index (χ4v) is 4.35. The lowest BCUT2D eigenvalue weighted by Gasteiger charge is -2.37. The molecule has 0 spiro atoms. The van der Waals surface area contributed by atoms with Crippen LogP contribution in [0.4, 0.5) is 5.69 Å². The number of hydrogen-bond donors (Lipinski definition) is 1. The Morgan fingerprint density at radius 2 is 1.81 bits per heavy atom. The number of nitrogens with zero attached hydrogens (tertiary/aromatic N) is 5. The molecular weight excluding hydrogens is 404 g/mol. The number of hydrogen-bond acceptors (Lipinski definition) is 6. The average Bonchev–Trinajstić information content (AvgIpc) is 3.22. The number of aryl methyl sites for hydroxylation is 1. The van der Waals surface area contributed by atoms with Gasteiger partial charge in [-0.25, -0.2) is 0 Å². The normalized spacial score (nSPS) is 18.7. The molecule has 1 saturated heterocycles. The van der Waals surface area contributed by atoms with Gasteiger partial charge in [0.1, 0.15) is 12.4 Å². The van der Waals surface area contributed by atoms with Crippen molar-refractivity contribution in [3.63, 3.8) is 0 Å². The number of aromatic nitrogens is 3. The Bertz CT molecular complexity index is 1100. The molecular formula is C24H28N6O2. The fraction of sp³-hybridized carbons (Fsp3) is 0.375. The van der Waals surface area contributed by atoms with Crippen molar-refractivity contribution in [1.82, 2.24) is 25.2 Å². The molecule has 2 aliphatic heterocycles. The number of amides is 1. The summed E-state index contributed by atoms with van der Waals surface area (Å²) >= 11 is 0. The van der Waals surface area contributed by atoms with Crippen LogP contribution in [0.3, 0.4) is 0 Å². The van der Waals surface area contributed by atoms with E-state index in [1.54, 1.807) is 6.92 Å². The van der Waals surface area contributed by atoms with Gasteiger partial charge in [-0.3, -0.25) is 4.79 Å². The smallest absolute Gasteiger partial charge is 0.274 e. The molecule has 0 aliphatic carbocycles. The van der Waals surface area contributed by atoms with Crippen LogP contribution in [0.25, 0.3) is 5.69 Å². The third-order valence-electron chi connectivity index (χ3n) is 6.16. The zero-order valence-corrected chi connectivity index (χ0v) is 18.5. The molecule has 0 bridgehead atoms. The molecule has 0 saturated carbocycles. The second-order valence-corrected chi connectivity index (χ2v) is 8.49. The number of piperazine rings is 1. The van der Waals surface area contributed by atoms with E-state index < -0.39 is 0 Å². The van der Waals surface area contributed by atoms with Crippen LogP contribution < -0.4 is 15.0 Å². The molecule has 0 unspecified atom stereocenters. The van der Waals surface area contributed by atoms with Crippen molar-refractivity contribution in [1.29, 1.82) is 0 Å². The van der Waals surface area contributed by atoms with Gasteiger partial charge in [0.05, 0.1) is 17.4 Å². The summed E-state index contributed by atoms with van der Waals surface area (Å²) in [6, 6.07) is 15.7. The lowest BCUT2D eigenvalue weighted by Crippen LogP contribution is -2.46. The highest BCUT2D eigenvalue weighted by atomic mass is 16.5. The third kappa shape index (κ3) is 4.05. The number of rotatable bonds is 4. The molecule has 8 heteroatoms. The van der Waals surface area contributed by atoms with Crippen LogP contribution in [0.1, 0.15) is 21.7 Å². The van der Waals surface area contributed by atoms with Crippen molar-refractivity contribution in [2.24, 2.45) is 0 Å². The summed E-state index contributed by atoms with van der Waals surface area (Å²) in [4.78, 5) is 19.3. The average molecular weight is 433 g/mol. The number of fused-ring (bicyclic) bond motifs is 1. The van der Waals surface area contributed by atoms with Gasteiger partial charge in [0, 0.05) is 43.9 Å². The zero-order chi connectivity index (χ0) is 22.1. The Hall–Kier alpha value is -3.39. The highest BCUT2D eigenvalue weighted by molar-refractivity contribution is 5.93. The molecule has 0 radical (unpaired) electrons. The lowest BCUT2D eigenvalue weighted by molar-refractivity contribution is 0.0909. The van der Waals surface area contributed by atoms with E-state index in [0.29, 0.717) is 18.0 Å². The topological polar surface area (TPSA) is 75.5 Å². The molecule has 3 heterocycles. The van der Waals surface area contributed by atoms with E-state index in [0.717, 1.165) is 44.0 Å². The highest BCUT2D eigenvalue weighted by Gasteiger charge is 2.28. The number of carbonyl (C=O) groups is 1. The quantitative estimate of drug-likeness (QED) is 0.680. The van der Waals surface area contributed by atoms with Gasteiger partial charge in [0.2, 0.25) is 0 Å². The van der Waals surface area contributed by atoms with Crippen LogP contribution >= 0.6 is 0 Å². The first-order chi connectivity index (χ1) is 15.6. The zero-order valence-electron chi connectivity index (χ0n) is 18.5. The van der Waals surface area contributed by atoms with Crippen molar-refractivity contribution >= 4 is 11.6 Å². The molecule has 2 aromatic carbocycles. The summed E-state index contributed by atoms with van der Waals surface area (Å²) in [5.74, 6) is 0.692. The van der Waals surface area contributed by atoms with Gasteiger partial charge in [-0.15, -0.1) is 5.10 Å². The number of ether oxygens (including phenoxy) is 1. The third-order valence-corrected chi connectivity index (χ3v) is 6.16. The van der Waals surface area contributed by atoms with Gasteiger partial charge < -0.3 is 19.9 Å². The summed E-state index contributed by atoms with van der Waals surface area (Å²) in [5.41, 5.74) is 4.13. The predicted molar refractivity (Wildman–Crippen MR) is 123 cm³/mol. The molecule has 1 amide bonds. The Balaban J connectivity index is 1.31. The van der Waals surface area contributed by atoms with E-state index in [1.165, 1.54) is 16.0 Å². The van der Waals surface area contributed by atoms with Crippen molar-refractivity contribution in [3.05, 3.63) is 65.5 Å². The van der Waals surface area contributed by atoms with Crippen LogP contribution in [-0.2, 0) is 6.42 Å². The fourth-order valence-electron chi connectivity index (χ4n) is 4.35. The van der Waals surface area contributed by atoms with E-state index >= 15 is 0 Å². The van der Waals surface area contributed by atoms with Gasteiger partial charge in [0.25, 0.3) is 5.91 Å². The monoisotopic (exact) mass is 432 g/mol. The van der Waals surface area contributed by atoms with Gasteiger partial charge in [-0.05, 0) is 38.2 Å². The summed E-state index contributed by atoms with van der Waals surface area (Å²) < 4.78 is 6.04. The van der Waals surface area contributed by atoms with Gasteiger partial charge in [-0.1, -0.05) is 24.3 Å². The largest absolute Gasteiger partial charge is 0.491 e. The standard InChI is InChI=1S/C24H28N6O2/c1-17-23(27-30(26-17)19-7-4-3-5-8-19)24(31)25-18-15-20-21(9-6-10-22(20)32-16-18)29-13-11-28(2)12-14-29/h3-10,18H,11-16H2,1-2H3,(H,25,31)/t18-/m0/s1. The minimum absolute atomic E-state index is 0.120. The van der Waals surface area contributed by atoms with Gasteiger partial charge in [-0.2, -0.15) is 9.90 Å². The van der Waals surface area contributed by atoms with Crippen molar-refractivity contribution in [3.8, 4) is 11.4 Å². The predicted octanol–water partition coefficient (Wildman–Crippen LogP) is 2.06. The van der Waals surface area contributed by atoms with Gasteiger partial charge in [0.15, 0.2) is 5.69 Å². The van der Waals surface area contributed by atoms with Crippen LogP contribution in [0, 0.1) is 6.92 Å². The number of likely N-dealkylation sites (N-methyl/N-ethyl adjacent to an activating group) is 1. The maximum absolute atomic E-state index is 13.0. The first-order valence-corrected chi connectivity index (χ1v) is 11.1. The molecule has 8 nitrogen and oxygen atoms in total. The van der Waals surface area contributed by atoms with E-state index in [1.807, 2.05) is 36.4 Å². The SMILES string of the molecule is Cc1nn(-c2ccccc2)nc1C(=O)N[C@@H]1COc2cccc(N3CCN(C)CC3)c2C1. The molecule has 1 fully saturated rings. The minimum atomic E-state index is -0.223. The molecule has 3 aromatic rings. The molecule has 5 rings (SSSR count). The Morgan fingerprint density at radius 3 is 2.59 bits per heavy atom. The molecule has 2 aliphatic rings. The number of para-hydroxylation sites is 1. The van der Waals surface area contributed by atoms with Crippen LogP contribution in [0.2, 0.25) is 0 Å². The molecule has 1 atom stereocenters. The van der Waals surface area contributed by atoms with Crippen LogP contribution in [0.5, 0.6) is 5.75 Å². The van der Waals surface area contributed by atoms with Crippen LogP contribution in [0.15, 0.2) is 48.5 Å². The van der Waals surface area contributed by atoms with E-state index in [4.69, 9.17) is 4.74 Å². The summed E-state index contributed by atoms with van der Waals surface area (Å²) in [5, 5.41) is 12.0. The molecule has 1 aromatic heterocycles. The number of carbonyl (C=O) groups excluding carboxylic acids is 1. The second kappa shape index (κ2) is 8.63. The maximum atomic E-state index is 13.0. The second-order valence-electron chi connectivity index (χ2n) is 8.49. The van der Waals surface area contributed by atoms with Crippen molar-refractivity contribution in [2.45, 2.75) is 19.4 Å².